The van der Waals surface area contributed by atoms with E-state index >= 15 is 0 Å². The van der Waals surface area contributed by atoms with Gasteiger partial charge in [-0.15, -0.1) is 0 Å². The van der Waals surface area contributed by atoms with Crippen LogP contribution in [0.5, 0.6) is 0 Å². The van der Waals surface area contributed by atoms with Crippen molar-refractivity contribution < 1.29 is 21.6 Å². The summed E-state index contributed by atoms with van der Waals surface area (Å²) in [4.78, 5) is 3.03. The SMILES string of the molecule is CC(C)N(C1CCC1)S(=O)(=O)c1ccc(C(F)(F)F)nc1. The molecule has 1 aliphatic carbocycles. The molecule has 0 aliphatic heterocycles. The summed E-state index contributed by atoms with van der Waals surface area (Å²) in [6.45, 7) is 3.51. The third-order valence-electron chi connectivity index (χ3n) is 3.55. The Labute approximate surface area is 122 Å². The van der Waals surface area contributed by atoms with Gasteiger partial charge in [-0.05, 0) is 38.8 Å². The van der Waals surface area contributed by atoms with Crippen LogP contribution in [0.25, 0.3) is 0 Å². The van der Waals surface area contributed by atoms with Crippen LogP contribution in [0.4, 0.5) is 13.2 Å². The zero-order valence-corrected chi connectivity index (χ0v) is 12.6. The first-order chi connectivity index (χ1) is 9.64. The number of halogens is 3. The highest BCUT2D eigenvalue weighted by molar-refractivity contribution is 7.89. The van der Waals surface area contributed by atoms with Crippen LogP contribution in [0.1, 0.15) is 38.8 Å². The van der Waals surface area contributed by atoms with E-state index in [0.717, 1.165) is 31.5 Å². The first-order valence-electron chi connectivity index (χ1n) is 6.71. The van der Waals surface area contributed by atoms with Crippen molar-refractivity contribution in [1.82, 2.24) is 9.29 Å². The average Bonchev–Trinajstić information content (AvgIpc) is 2.32. The summed E-state index contributed by atoms with van der Waals surface area (Å²) < 4.78 is 63.9. The predicted octanol–water partition coefficient (Wildman–Crippen LogP) is 3.05. The van der Waals surface area contributed by atoms with Gasteiger partial charge in [0.2, 0.25) is 10.0 Å². The predicted molar refractivity (Wildman–Crippen MR) is 71.0 cm³/mol. The molecule has 1 aromatic rings. The van der Waals surface area contributed by atoms with Gasteiger partial charge in [0.25, 0.3) is 0 Å². The number of nitrogens with zero attached hydrogens (tertiary/aromatic N) is 2. The van der Waals surface area contributed by atoms with E-state index in [1.165, 1.54) is 4.31 Å². The normalized spacial score (nSPS) is 17.3. The van der Waals surface area contributed by atoms with Gasteiger partial charge in [-0.1, -0.05) is 6.42 Å². The molecule has 0 radical (unpaired) electrons. The van der Waals surface area contributed by atoms with Gasteiger partial charge in [0.15, 0.2) is 0 Å². The van der Waals surface area contributed by atoms with Gasteiger partial charge in [0, 0.05) is 18.3 Å². The second kappa shape index (κ2) is 5.57. The van der Waals surface area contributed by atoms with Crippen LogP contribution in [0.2, 0.25) is 0 Å². The first-order valence-corrected chi connectivity index (χ1v) is 8.15. The zero-order valence-electron chi connectivity index (χ0n) is 11.8. The highest BCUT2D eigenvalue weighted by Crippen LogP contribution is 2.32. The van der Waals surface area contributed by atoms with Crippen LogP contribution in [0.3, 0.4) is 0 Å². The first kappa shape index (κ1) is 16.2. The molecule has 0 aromatic carbocycles. The van der Waals surface area contributed by atoms with Crippen LogP contribution in [-0.4, -0.2) is 29.8 Å². The fraction of sp³-hybridized carbons (Fsp3) is 0.615. The average molecular weight is 322 g/mol. The maximum absolute atomic E-state index is 12.6. The molecule has 1 heterocycles. The Balaban J connectivity index is 2.34. The van der Waals surface area contributed by atoms with Gasteiger partial charge in [0.05, 0.1) is 0 Å². The van der Waals surface area contributed by atoms with E-state index in [4.69, 9.17) is 0 Å². The van der Waals surface area contributed by atoms with Gasteiger partial charge < -0.3 is 0 Å². The highest BCUT2D eigenvalue weighted by Gasteiger charge is 2.38. The summed E-state index contributed by atoms with van der Waals surface area (Å²) in [6, 6.07) is 1.35. The van der Waals surface area contributed by atoms with Gasteiger partial charge >= 0.3 is 6.18 Å². The quantitative estimate of drug-likeness (QED) is 0.856. The smallest absolute Gasteiger partial charge is 0.250 e. The number of pyridine rings is 1. The summed E-state index contributed by atoms with van der Waals surface area (Å²) in [6.07, 6.45) is -1.26. The Morgan fingerprint density at radius 2 is 1.90 bits per heavy atom. The fourth-order valence-corrected chi connectivity index (χ4v) is 4.19. The van der Waals surface area contributed by atoms with E-state index in [-0.39, 0.29) is 17.0 Å². The van der Waals surface area contributed by atoms with Crippen LogP contribution >= 0.6 is 0 Å². The van der Waals surface area contributed by atoms with Crippen molar-refractivity contribution in [3.05, 3.63) is 24.0 Å². The molecule has 1 saturated carbocycles. The molecule has 0 spiro atoms. The zero-order chi connectivity index (χ0) is 15.8. The van der Waals surface area contributed by atoms with E-state index < -0.39 is 21.9 Å². The molecule has 4 nitrogen and oxygen atoms in total. The molecule has 0 atom stereocenters. The van der Waals surface area contributed by atoms with Crippen molar-refractivity contribution in [3.63, 3.8) is 0 Å². The molecule has 0 saturated heterocycles. The molecule has 0 unspecified atom stereocenters. The van der Waals surface area contributed by atoms with Gasteiger partial charge in [-0.2, -0.15) is 17.5 Å². The highest BCUT2D eigenvalue weighted by atomic mass is 32.2. The molecule has 1 aromatic heterocycles. The van der Waals surface area contributed by atoms with E-state index in [2.05, 4.69) is 4.98 Å². The minimum atomic E-state index is -4.58. The monoisotopic (exact) mass is 322 g/mol. The van der Waals surface area contributed by atoms with Gasteiger partial charge in [-0.3, -0.25) is 4.98 Å². The maximum Gasteiger partial charge on any atom is 0.433 e. The Kier molecular flexibility index (Phi) is 4.30. The molecule has 0 N–H and O–H groups in total. The van der Waals surface area contributed by atoms with Crippen LogP contribution in [-0.2, 0) is 16.2 Å². The summed E-state index contributed by atoms with van der Waals surface area (Å²) in [5.74, 6) is 0. The minimum Gasteiger partial charge on any atom is -0.250 e. The van der Waals surface area contributed by atoms with E-state index in [1.807, 2.05) is 0 Å². The molecule has 118 valence electrons. The standard InChI is InChI=1S/C13H17F3N2O2S/c1-9(2)18(10-4-3-5-10)21(19,20)11-6-7-12(17-8-11)13(14,15)16/h6-10H,3-5H2,1-2H3. The summed E-state index contributed by atoms with van der Waals surface area (Å²) >= 11 is 0. The number of sulfonamides is 1. The van der Waals surface area contributed by atoms with Crippen molar-refractivity contribution in [2.24, 2.45) is 0 Å². The number of aromatic nitrogens is 1. The van der Waals surface area contributed by atoms with Gasteiger partial charge in [-0.25, -0.2) is 8.42 Å². The molecule has 1 fully saturated rings. The molecule has 0 amide bonds. The summed E-state index contributed by atoms with van der Waals surface area (Å²) in [5.41, 5.74) is -1.10. The third-order valence-corrected chi connectivity index (χ3v) is 5.66. The Morgan fingerprint density at radius 1 is 1.29 bits per heavy atom. The van der Waals surface area contributed by atoms with Crippen LogP contribution < -0.4 is 0 Å². The number of rotatable bonds is 4. The Morgan fingerprint density at radius 3 is 2.24 bits per heavy atom. The maximum atomic E-state index is 12.6. The van der Waals surface area contributed by atoms with Gasteiger partial charge in [0.1, 0.15) is 10.6 Å². The van der Waals surface area contributed by atoms with E-state index in [9.17, 15) is 21.6 Å². The van der Waals surface area contributed by atoms with Crippen LogP contribution in [0, 0.1) is 0 Å². The van der Waals surface area contributed by atoms with Crippen molar-refractivity contribution in [2.45, 2.75) is 56.3 Å². The second-order valence-corrected chi connectivity index (χ2v) is 7.23. The molecular weight excluding hydrogens is 305 g/mol. The van der Waals surface area contributed by atoms with E-state index in [0.29, 0.717) is 6.07 Å². The number of alkyl halides is 3. The molecule has 1 aliphatic rings. The van der Waals surface area contributed by atoms with Crippen LogP contribution in [0.15, 0.2) is 23.2 Å². The molecule has 21 heavy (non-hydrogen) atoms. The van der Waals surface area contributed by atoms with Crippen molar-refractivity contribution >= 4 is 10.0 Å². The largest absolute Gasteiger partial charge is 0.433 e. The van der Waals surface area contributed by atoms with E-state index in [1.54, 1.807) is 13.8 Å². The fourth-order valence-electron chi connectivity index (χ4n) is 2.36. The van der Waals surface area contributed by atoms with Crippen molar-refractivity contribution in [2.75, 3.05) is 0 Å². The summed E-state index contributed by atoms with van der Waals surface area (Å²) in [7, 11) is -3.82. The third kappa shape index (κ3) is 3.21. The second-order valence-electron chi connectivity index (χ2n) is 5.39. The molecule has 0 bridgehead atoms. The molecular formula is C13H17F3N2O2S. The topological polar surface area (TPSA) is 50.3 Å². The lowest BCUT2D eigenvalue weighted by Crippen LogP contribution is -2.47. The lowest BCUT2D eigenvalue weighted by Gasteiger charge is -2.39. The van der Waals surface area contributed by atoms with Crippen molar-refractivity contribution in [1.29, 1.82) is 0 Å². The number of hydrogen-bond donors (Lipinski definition) is 0. The lowest BCUT2D eigenvalue weighted by atomic mass is 9.92. The Bertz CT molecular complexity index is 593. The number of hydrogen-bond acceptors (Lipinski definition) is 3. The molecule has 2 rings (SSSR count). The lowest BCUT2D eigenvalue weighted by molar-refractivity contribution is -0.141. The summed E-state index contributed by atoms with van der Waals surface area (Å²) in [5, 5.41) is 0. The molecule has 8 heteroatoms. The Hall–Kier alpha value is -1.15. The van der Waals surface area contributed by atoms with Crippen molar-refractivity contribution in [3.8, 4) is 0 Å². The minimum absolute atomic E-state index is 0.0720.